The van der Waals surface area contributed by atoms with Gasteiger partial charge in [0.2, 0.25) is 0 Å². The summed E-state index contributed by atoms with van der Waals surface area (Å²) in [6.45, 7) is 4.34. The fourth-order valence-electron chi connectivity index (χ4n) is 3.68. The molecule has 164 valence electrons. The maximum absolute atomic E-state index is 12.3. The van der Waals surface area contributed by atoms with E-state index in [1.54, 1.807) is 12.1 Å². The zero-order valence-corrected chi connectivity index (χ0v) is 19.7. The molecule has 2 aliphatic rings. The maximum Gasteiger partial charge on any atom is 0.251 e. The van der Waals surface area contributed by atoms with Crippen molar-refractivity contribution in [3.05, 3.63) is 64.7 Å². The predicted octanol–water partition coefficient (Wildman–Crippen LogP) is 3.75. The summed E-state index contributed by atoms with van der Waals surface area (Å²) in [6, 6.07) is 14.8. The highest BCUT2D eigenvalue weighted by Gasteiger charge is 2.44. The fourth-order valence-corrected chi connectivity index (χ4v) is 7.65. The minimum Gasteiger partial charge on any atom is -0.350 e. The zero-order valence-electron chi connectivity index (χ0n) is 17.3. The van der Waals surface area contributed by atoms with Crippen molar-refractivity contribution in [3.63, 3.8) is 0 Å². The minimum absolute atomic E-state index is 0.0511. The van der Waals surface area contributed by atoms with E-state index in [9.17, 15) is 13.2 Å². The first-order valence-electron chi connectivity index (χ1n) is 10.1. The fraction of sp³-hybridized carbons (Fsp3) is 0.364. The molecule has 31 heavy (non-hydrogen) atoms. The first kappa shape index (κ1) is 22.2. The molecule has 0 bridgehead atoms. The molecule has 0 unspecified atom stereocenters. The molecule has 1 N–H and O–H groups in total. The summed E-state index contributed by atoms with van der Waals surface area (Å²) in [7, 11) is -3.02. The van der Waals surface area contributed by atoms with Gasteiger partial charge in [0.15, 0.2) is 15.0 Å². The number of amidine groups is 1. The Hall–Kier alpha value is -2.03. The molecular formula is C22H24ClN3O3S2. The van der Waals surface area contributed by atoms with Crippen LogP contribution in [0.15, 0.2) is 53.5 Å². The Morgan fingerprint density at radius 3 is 2.55 bits per heavy atom. The lowest BCUT2D eigenvalue weighted by molar-refractivity contribution is 0.0943. The van der Waals surface area contributed by atoms with Crippen LogP contribution in [0.4, 0.5) is 5.69 Å². The van der Waals surface area contributed by atoms with Crippen LogP contribution in [-0.4, -0.2) is 48.3 Å². The molecule has 1 amide bonds. The lowest BCUT2D eigenvalue weighted by atomic mass is 10.1. The number of nitrogens with one attached hydrogen (secondary N) is 1. The zero-order chi connectivity index (χ0) is 22.2. The quantitative estimate of drug-likeness (QED) is 0.709. The lowest BCUT2D eigenvalue weighted by Gasteiger charge is -2.25. The number of sulfone groups is 1. The van der Waals surface area contributed by atoms with Crippen molar-refractivity contribution in [2.75, 3.05) is 16.4 Å². The summed E-state index contributed by atoms with van der Waals surface area (Å²) in [5.74, 6) is 0.137. The monoisotopic (exact) mass is 477 g/mol. The van der Waals surface area contributed by atoms with Crippen LogP contribution in [0.3, 0.4) is 0 Å². The molecule has 0 aliphatic carbocycles. The van der Waals surface area contributed by atoms with Gasteiger partial charge in [0, 0.05) is 27.6 Å². The summed E-state index contributed by atoms with van der Waals surface area (Å²) in [5.41, 5.74) is 2.40. The van der Waals surface area contributed by atoms with E-state index < -0.39 is 9.84 Å². The van der Waals surface area contributed by atoms with Crippen molar-refractivity contribution in [2.24, 2.45) is 4.99 Å². The second kappa shape index (κ2) is 8.84. The molecule has 6 nitrogen and oxygen atoms in total. The highest BCUT2D eigenvalue weighted by atomic mass is 35.5. The van der Waals surface area contributed by atoms with Crippen molar-refractivity contribution in [2.45, 2.75) is 37.7 Å². The van der Waals surface area contributed by atoms with Gasteiger partial charge in [0.1, 0.15) is 0 Å². The van der Waals surface area contributed by atoms with Crippen molar-refractivity contribution in [1.82, 2.24) is 5.32 Å². The summed E-state index contributed by atoms with van der Waals surface area (Å²) in [6.07, 6.45) is 0. The normalized spacial score (nSPS) is 21.6. The molecule has 2 aliphatic heterocycles. The predicted molar refractivity (Wildman–Crippen MR) is 128 cm³/mol. The van der Waals surface area contributed by atoms with Crippen LogP contribution in [0.5, 0.6) is 0 Å². The molecule has 0 spiro atoms. The molecule has 9 heteroatoms. The summed E-state index contributed by atoms with van der Waals surface area (Å²) in [4.78, 5) is 19.1. The molecule has 1 fully saturated rings. The van der Waals surface area contributed by atoms with Crippen LogP contribution in [0.25, 0.3) is 0 Å². The number of anilines is 1. The Bertz CT molecular complexity index is 1120. The number of rotatable bonds is 5. The standard InChI is InChI=1S/C22H24ClN3O3S2/c1-14(2)24-21(27)15-7-9-17(10-8-15)26(11-16-5-3-4-6-18(16)23)22-25-19-12-31(28,29)13-20(19)30-22/h3-10,14,19-20H,11-13H2,1-2H3,(H,24,27)/t19-,20-/m1/s1. The minimum atomic E-state index is -3.02. The van der Waals surface area contributed by atoms with Crippen LogP contribution < -0.4 is 10.2 Å². The van der Waals surface area contributed by atoms with Crippen molar-refractivity contribution >= 4 is 50.0 Å². The molecule has 0 aromatic heterocycles. The van der Waals surface area contributed by atoms with Crippen molar-refractivity contribution < 1.29 is 13.2 Å². The number of nitrogens with zero attached hydrogens (tertiary/aromatic N) is 2. The third kappa shape index (κ3) is 5.07. The molecule has 4 rings (SSSR count). The van der Waals surface area contributed by atoms with E-state index in [4.69, 9.17) is 16.6 Å². The van der Waals surface area contributed by atoms with Gasteiger partial charge in [0.25, 0.3) is 5.91 Å². The van der Waals surface area contributed by atoms with Gasteiger partial charge >= 0.3 is 0 Å². The second-order valence-corrected chi connectivity index (χ2v) is 11.8. The molecule has 2 aromatic carbocycles. The highest BCUT2D eigenvalue weighted by molar-refractivity contribution is 8.15. The van der Waals surface area contributed by atoms with E-state index in [0.717, 1.165) is 16.4 Å². The van der Waals surface area contributed by atoms with E-state index in [-0.39, 0.29) is 34.7 Å². The van der Waals surface area contributed by atoms with Crippen LogP contribution in [-0.2, 0) is 16.4 Å². The van der Waals surface area contributed by atoms with E-state index in [1.807, 2.05) is 55.1 Å². The van der Waals surface area contributed by atoms with E-state index in [2.05, 4.69) is 5.32 Å². The number of thioether (sulfide) groups is 1. The Labute approximate surface area is 192 Å². The van der Waals surface area contributed by atoms with E-state index >= 15 is 0 Å². The topological polar surface area (TPSA) is 78.8 Å². The first-order valence-corrected chi connectivity index (χ1v) is 13.2. The van der Waals surface area contributed by atoms with Gasteiger partial charge in [0.05, 0.1) is 24.1 Å². The number of aliphatic imine (C=N–C) groups is 1. The van der Waals surface area contributed by atoms with Crippen LogP contribution in [0, 0.1) is 0 Å². The molecule has 0 radical (unpaired) electrons. The van der Waals surface area contributed by atoms with Gasteiger partial charge < -0.3 is 10.2 Å². The molecular weight excluding hydrogens is 454 g/mol. The van der Waals surface area contributed by atoms with Crippen molar-refractivity contribution in [3.8, 4) is 0 Å². The van der Waals surface area contributed by atoms with Gasteiger partial charge in [-0.2, -0.15) is 0 Å². The molecule has 2 heterocycles. The van der Waals surface area contributed by atoms with E-state index in [0.29, 0.717) is 17.1 Å². The van der Waals surface area contributed by atoms with Gasteiger partial charge in [-0.3, -0.25) is 9.79 Å². The van der Waals surface area contributed by atoms with Crippen LogP contribution in [0.2, 0.25) is 5.02 Å². The summed E-state index contributed by atoms with van der Waals surface area (Å²) < 4.78 is 23.9. The Morgan fingerprint density at radius 2 is 1.90 bits per heavy atom. The molecule has 0 saturated carbocycles. The number of benzene rings is 2. The van der Waals surface area contributed by atoms with Gasteiger partial charge in [-0.25, -0.2) is 8.42 Å². The third-order valence-corrected chi connectivity index (χ3v) is 8.80. The second-order valence-electron chi connectivity index (χ2n) is 8.06. The molecule has 1 saturated heterocycles. The Morgan fingerprint density at radius 1 is 1.19 bits per heavy atom. The smallest absolute Gasteiger partial charge is 0.251 e. The van der Waals surface area contributed by atoms with Crippen LogP contribution in [0.1, 0.15) is 29.8 Å². The largest absolute Gasteiger partial charge is 0.350 e. The highest BCUT2D eigenvalue weighted by Crippen LogP contribution is 2.37. The maximum atomic E-state index is 12.3. The number of halogens is 1. The van der Waals surface area contributed by atoms with Gasteiger partial charge in [-0.1, -0.05) is 41.6 Å². The van der Waals surface area contributed by atoms with Crippen molar-refractivity contribution in [1.29, 1.82) is 0 Å². The summed E-state index contributed by atoms with van der Waals surface area (Å²) >= 11 is 7.91. The average Bonchev–Trinajstić information content (AvgIpc) is 3.20. The number of fused-ring (bicyclic) bond motifs is 1. The number of carbonyl (C=O) groups is 1. The number of carbonyl (C=O) groups excluding carboxylic acids is 1. The molecule has 2 aromatic rings. The summed E-state index contributed by atoms with van der Waals surface area (Å²) in [5, 5.41) is 4.28. The Balaban J connectivity index is 1.63. The van der Waals surface area contributed by atoms with Gasteiger partial charge in [-0.05, 0) is 49.7 Å². The van der Waals surface area contributed by atoms with Gasteiger partial charge in [-0.15, -0.1) is 0 Å². The van der Waals surface area contributed by atoms with Crippen LogP contribution >= 0.6 is 23.4 Å². The Kier molecular flexibility index (Phi) is 6.32. The average molecular weight is 478 g/mol. The number of amides is 1. The van der Waals surface area contributed by atoms with E-state index in [1.165, 1.54) is 11.8 Å². The SMILES string of the molecule is CC(C)NC(=O)c1ccc(N(Cc2ccccc2Cl)C2=N[C@@H]3CS(=O)(=O)C[C@H]3S2)cc1. The first-order chi connectivity index (χ1) is 14.7. The molecule has 2 atom stereocenters. The number of hydrogen-bond acceptors (Lipinski definition) is 6. The number of hydrogen-bond donors (Lipinski definition) is 1. The third-order valence-electron chi connectivity index (χ3n) is 5.18. The lowest BCUT2D eigenvalue weighted by Crippen LogP contribution is -2.30.